The summed E-state index contributed by atoms with van der Waals surface area (Å²) in [5.41, 5.74) is -0.977. The maximum atomic E-state index is 13.1. The number of ether oxygens (including phenoxy) is 2. The first kappa shape index (κ1) is 22.0. The van der Waals surface area contributed by atoms with Crippen LogP contribution < -0.4 is 5.32 Å². The van der Waals surface area contributed by atoms with Gasteiger partial charge in [-0.15, -0.1) is 0 Å². The molecule has 8 heteroatoms. The minimum absolute atomic E-state index is 0.0189. The fourth-order valence-corrected chi connectivity index (χ4v) is 3.13. The summed E-state index contributed by atoms with van der Waals surface area (Å²) < 4.78 is 49.8. The van der Waals surface area contributed by atoms with Crippen LogP contribution in [0.15, 0.2) is 18.2 Å². The number of benzene rings is 1. The summed E-state index contributed by atoms with van der Waals surface area (Å²) in [5, 5.41) is 12.0. The van der Waals surface area contributed by atoms with Gasteiger partial charge in [0.1, 0.15) is 6.61 Å². The van der Waals surface area contributed by atoms with Crippen LogP contribution in [0.1, 0.15) is 56.6 Å². The monoisotopic (exact) mass is 398 g/mol. The van der Waals surface area contributed by atoms with Crippen molar-refractivity contribution in [3.63, 3.8) is 0 Å². The number of unbranched alkanes of at least 4 members (excludes halogenated alkanes) is 1. The number of carbonyl (C=O) groups is 1. The SMILES string of the molecule is CCCCOC(=O)CO[C@H]1CC[C@H](Nc2ccc(C#N)c(C(F)(F)F)c2)CC1. The Kier molecular flexibility index (Phi) is 8.12. The number of hydrogen-bond donors (Lipinski definition) is 1. The highest BCUT2D eigenvalue weighted by atomic mass is 19.4. The van der Waals surface area contributed by atoms with Gasteiger partial charge in [-0.3, -0.25) is 0 Å². The molecule has 2 rings (SSSR count). The van der Waals surface area contributed by atoms with Gasteiger partial charge in [-0.05, 0) is 50.3 Å². The van der Waals surface area contributed by atoms with E-state index in [9.17, 15) is 18.0 Å². The van der Waals surface area contributed by atoms with Crippen molar-refractivity contribution in [1.29, 1.82) is 5.26 Å². The highest BCUT2D eigenvalue weighted by Crippen LogP contribution is 2.34. The number of nitrogens with one attached hydrogen (secondary N) is 1. The van der Waals surface area contributed by atoms with E-state index in [1.807, 2.05) is 6.92 Å². The first-order valence-corrected chi connectivity index (χ1v) is 9.48. The average Bonchev–Trinajstić information content (AvgIpc) is 2.67. The molecule has 28 heavy (non-hydrogen) atoms. The van der Waals surface area contributed by atoms with Crippen molar-refractivity contribution >= 4 is 11.7 Å². The van der Waals surface area contributed by atoms with E-state index < -0.39 is 11.7 Å². The summed E-state index contributed by atoms with van der Waals surface area (Å²) in [6.07, 6.45) is 0.0183. The molecule has 1 N–H and O–H groups in total. The molecule has 1 aliphatic carbocycles. The molecule has 5 nitrogen and oxygen atoms in total. The van der Waals surface area contributed by atoms with Crippen molar-refractivity contribution in [3.05, 3.63) is 29.3 Å². The normalized spacial score (nSPS) is 19.7. The number of alkyl halides is 3. The lowest BCUT2D eigenvalue weighted by atomic mass is 9.92. The molecule has 1 saturated carbocycles. The molecule has 0 unspecified atom stereocenters. The van der Waals surface area contributed by atoms with E-state index in [-0.39, 0.29) is 30.3 Å². The van der Waals surface area contributed by atoms with Crippen LogP contribution in [0.2, 0.25) is 0 Å². The van der Waals surface area contributed by atoms with Crippen molar-refractivity contribution in [3.8, 4) is 6.07 Å². The van der Waals surface area contributed by atoms with Gasteiger partial charge >= 0.3 is 12.1 Å². The van der Waals surface area contributed by atoms with E-state index >= 15 is 0 Å². The van der Waals surface area contributed by atoms with E-state index in [1.165, 1.54) is 12.1 Å². The lowest BCUT2D eigenvalue weighted by Gasteiger charge is -2.29. The maximum Gasteiger partial charge on any atom is 0.417 e. The number of hydrogen-bond acceptors (Lipinski definition) is 5. The predicted octanol–water partition coefficient (Wildman–Crippen LogP) is 4.66. The summed E-state index contributed by atoms with van der Waals surface area (Å²) >= 11 is 0. The molecular weight excluding hydrogens is 373 g/mol. The number of anilines is 1. The van der Waals surface area contributed by atoms with Crippen LogP contribution in [-0.4, -0.2) is 31.3 Å². The quantitative estimate of drug-likeness (QED) is 0.509. The van der Waals surface area contributed by atoms with Crippen LogP contribution in [0.5, 0.6) is 0 Å². The molecule has 1 fully saturated rings. The molecule has 1 aromatic carbocycles. The minimum atomic E-state index is -4.57. The van der Waals surface area contributed by atoms with Crippen LogP contribution in [0.3, 0.4) is 0 Å². The summed E-state index contributed by atoms with van der Waals surface area (Å²) in [6.45, 7) is 2.34. The van der Waals surface area contributed by atoms with Crippen molar-refractivity contribution in [2.24, 2.45) is 0 Å². The highest BCUT2D eigenvalue weighted by molar-refractivity contribution is 5.70. The van der Waals surface area contributed by atoms with E-state index in [4.69, 9.17) is 14.7 Å². The van der Waals surface area contributed by atoms with Gasteiger partial charge in [0.25, 0.3) is 0 Å². The second kappa shape index (κ2) is 10.3. The molecule has 0 aromatic heterocycles. The third kappa shape index (κ3) is 6.71. The summed E-state index contributed by atoms with van der Waals surface area (Å²) in [5.74, 6) is -0.369. The zero-order valence-electron chi connectivity index (χ0n) is 15.8. The fourth-order valence-electron chi connectivity index (χ4n) is 3.13. The number of halogens is 3. The van der Waals surface area contributed by atoms with Crippen molar-refractivity contribution in [1.82, 2.24) is 0 Å². The largest absolute Gasteiger partial charge is 0.464 e. The standard InChI is InChI=1S/C20H25F3N2O3/c1-2-3-10-27-19(26)13-28-17-8-6-15(7-9-17)25-16-5-4-14(12-24)18(11-16)20(21,22)23/h4-5,11,15,17,25H,2-3,6-10,13H2,1H3/t15-,17-. The number of nitrogens with zero attached hydrogens (tertiary/aromatic N) is 1. The molecule has 0 aliphatic heterocycles. The predicted molar refractivity (Wildman–Crippen MR) is 97.6 cm³/mol. The molecule has 0 bridgehead atoms. The van der Waals surface area contributed by atoms with Crippen molar-refractivity contribution in [2.45, 2.75) is 63.8 Å². The molecule has 0 heterocycles. The van der Waals surface area contributed by atoms with Crippen LogP contribution >= 0.6 is 0 Å². The Morgan fingerprint density at radius 3 is 2.61 bits per heavy atom. The molecule has 0 radical (unpaired) electrons. The molecular formula is C20H25F3N2O3. The Balaban J connectivity index is 1.80. The average molecular weight is 398 g/mol. The number of esters is 1. The Hall–Kier alpha value is -2.27. The van der Waals surface area contributed by atoms with Gasteiger partial charge in [0.05, 0.1) is 29.9 Å². The number of rotatable bonds is 8. The second-order valence-electron chi connectivity index (χ2n) is 6.87. The molecule has 0 saturated heterocycles. The molecule has 154 valence electrons. The Morgan fingerprint density at radius 2 is 2.00 bits per heavy atom. The van der Waals surface area contributed by atoms with Gasteiger partial charge in [-0.25, -0.2) is 4.79 Å². The van der Waals surface area contributed by atoms with Gasteiger partial charge < -0.3 is 14.8 Å². The number of nitriles is 1. The molecule has 0 spiro atoms. The van der Waals surface area contributed by atoms with Gasteiger partial charge in [0.2, 0.25) is 0 Å². The third-order valence-corrected chi connectivity index (χ3v) is 4.69. The molecule has 0 amide bonds. The lowest BCUT2D eigenvalue weighted by molar-refractivity contribution is -0.151. The van der Waals surface area contributed by atoms with Crippen molar-refractivity contribution < 1.29 is 27.4 Å². The second-order valence-corrected chi connectivity index (χ2v) is 6.87. The zero-order valence-corrected chi connectivity index (χ0v) is 15.8. The van der Waals surface area contributed by atoms with E-state index in [1.54, 1.807) is 6.07 Å². The summed E-state index contributed by atoms with van der Waals surface area (Å²) in [6, 6.07) is 5.25. The Bertz CT molecular complexity index is 693. The highest BCUT2D eigenvalue weighted by Gasteiger charge is 2.34. The Morgan fingerprint density at radius 1 is 1.29 bits per heavy atom. The minimum Gasteiger partial charge on any atom is -0.464 e. The van der Waals surface area contributed by atoms with Gasteiger partial charge in [0.15, 0.2) is 0 Å². The van der Waals surface area contributed by atoms with Gasteiger partial charge in [0, 0.05) is 11.7 Å². The molecule has 0 atom stereocenters. The zero-order chi connectivity index (χ0) is 20.6. The van der Waals surface area contributed by atoms with Crippen LogP contribution in [0, 0.1) is 11.3 Å². The summed E-state index contributed by atoms with van der Waals surface area (Å²) in [7, 11) is 0. The maximum absolute atomic E-state index is 13.1. The third-order valence-electron chi connectivity index (χ3n) is 4.69. The van der Waals surface area contributed by atoms with Gasteiger partial charge in [-0.2, -0.15) is 18.4 Å². The van der Waals surface area contributed by atoms with E-state index in [0.717, 1.165) is 31.7 Å². The summed E-state index contributed by atoms with van der Waals surface area (Å²) in [4.78, 5) is 11.6. The first-order chi connectivity index (χ1) is 13.3. The first-order valence-electron chi connectivity index (χ1n) is 9.48. The lowest BCUT2D eigenvalue weighted by Crippen LogP contribution is -2.31. The molecule has 1 aromatic rings. The fraction of sp³-hybridized carbons (Fsp3) is 0.600. The Labute approximate surface area is 162 Å². The van der Waals surface area contributed by atoms with Crippen LogP contribution in [0.4, 0.5) is 18.9 Å². The van der Waals surface area contributed by atoms with E-state index in [0.29, 0.717) is 25.1 Å². The smallest absolute Gasteiger partial charge is 0.417 e. The van der Waals surface area contributed by atoms with E-state index in [2.05, 4.69) is 5.32 Å². The molecule has 1 aliphatic rings. The van der Waals surface area contributed by atoms with Crippen molar-refractivity contribution in [2.75, 3.05) is 18.5 Å². The van der Waals surface area contributed by atoms with Gasteiger partial charge in [-0.1, -0.05) is 13.3 Å². The topological polar surface area (TPSA) is 71.3 Å². The number of carbonyl (C=O) groups excluding carboxylic acids is 1. The van der Waals surface area contributed by atoms with Crippen LogP contribution in [-0.2, 0) is 20.4 Å². The van der Waals surface area contributed by atoms with Crippen LogP contribution in [0.25, 0.3) is 0 Å².